The summed E-state index contributed by atoms with van der Waals surface area (Å²) in [5.41, 5.74) is 12.3. The van der Waals surface area contributed by atoms with Gasteiger partial charge in [0.2, 0.25) is 0 Å². The maximum Gasteiger partial charge on any atom is 0.416 e. The SMILES string of the molecule is N#Cc1ccc(-c2ccc3c4c(ccc(-c5ccc(C(F)(F)F)cc5)c24)-c2c-3c(-c3ccccc3)c3ccccc3c2-c2ccccc2)cc1. The predicted molar refractivity (Wildman–Crippen MR) is 197 cm³/mol. The van der Waals surface area contributed by atoms with Crippen molar-refractivity contribution in [2.75, 3.05) is 0 Å². The number of hydrogen-bond acceptors (Lipinski definition) is 1. The van der Waals surface area contributed by atoms with E-state index >= 15 is 0 Å². The maximum atomic E-state index is 13.6. The van der Waals surface area contributed by atoms with Gasteiger partial charge < -0.3 is 0 Å². The molecule has 0 N–H and O–H groups in total. The normalized spacial score (nSPS) is 11.9. The molecular formula is C46H26F3N. The van der Waals surface area contributed by atoms with Gasteiger partial charge in [0.1, 0.15) is 0 Å². The summed E-state index contributed by atoms with van der Waals surface area (Å²) in [6, 6.07) is 53.2. The molecule has 1 nitrogen and oxygen atoms in total. The molecule has 9 rings (SSSR count). The first-order chi connectivity index (χ1) is 24.4. The Hall–Kier alpha value is -6.44. The number of alkyl halides is 3. The molecule has 0 fully saturated rings. The van der Waals surface area contributed by atoms with Crippen LogP contribution in [0.5, 0.6) is 0 Å². The molecule has 50 heavy (non-hydrogen) atoms. The third-order valence-electron chi connectivity index (χ3n) is 9.89. The number of benzene rings is 8. The Kier molecular flexibility index (Phi) is 6.72. The highest BCUT2D eigenvalue weighted by molar-refractivity contribution is 6.30. The molecule has 0 atom stereocenters. The summed E-state index contributed by atoms with van der Waals surface area (Å²) in [4.78, 5) is 0. The highest BCUT2D eigenvalue weighted by Crippen LogP contribution is 2.59. The Labute approximate surface area is 287 Å². The van der Waals surface area contributed by atoms with Crippen LogP contribution in [0.2, 0.25) is 0 Å². The van der Waals surface area contributed by atoms with Crippen molar-refractivity contribution in [2.24, 2.45) is 0 Å². The highest BCUT2D eigenvalue weighted by atomic mass is 19.4. The Morgan fingerprint density at radius 2 is 0.780 bits per heavy atom. The van der Waals surface area contributed by atoms with Crippen LogP contribution < -0.4 is 0 Å². The van der Waals surface area contributed by atoms with Crippen molar-refractivity contribution in [3.05, 3.63) is 169 Å². The van der Waals surface area contributed by atoms with E-state index in [1.807, 2.05) is 24.3 Å². The molecule has 0 saturated heterocycles. The van der Waals surface area contributed by atoms with E-state index in [0.29, 0.717) is 11.1 Å². The fourth-order valence-corrected chi connectivity index (χ4v) is 7.74. The first-order valence-electron chi connectivity index (χ1n) is 16.4. The molecule has 8 aromatic rings. The Bertz CT molecular complexity index is 2560. The van der Waals surface area contributed by atoms with Gasteiger partial charge in [-0.05, 0) is 113 Å². The zero-order valence-electron chi connectivity index (χ0n) is 26.6. The lowest BCUT2D eigenvalue weighted by atomic mass is 9.82. The summed E-state index contributed by atoms with van der Waals surface area (Å²) in [5, 5.41) is 13.8. The van der Waals surface area contributed by atoms with Crippen LogP contribution in [-0.4, -0.2) is 0 Å². The predicted octanol–water partition coefficient (Wildman–Crippen LogP) is 13.2. The van der Waals surface area contributed by atoms with Crippen molar-refractivity contribution in [1.29, 1.82) is 5.26 Å². The van der Waals surface area contributed by atoms with Crippen LogP contribution in [0, 0.1) is 11.3 Å². The average molecular weight is 650 g/mol. The van der Waals surface area contributed by atoms with Gasteiger partial charge in [-0.3, -0.25) is 0 Å². The molecule has 0 saturated carbocycles. The van der Waals surface area contributed by atoms with Gasteiger partial charge >= 0.3 is 6.18 Å². The second-order valence-corrected chi connectivity index (χ2v) is 12.6. The summed E-state index contributed by atoms with van der Waals surface area (Å²) >= 11 is 0. The number of halogens is 3. The topological polar surface area (TPSA) is 23.8 Å². The van der Waals surface area contributed by atoms with E-state index in [1.54, 1.807) is 24.3 Å². The van der Waals surface area contributed by atoms with Crippen molar-refractivity contribution in [3.63, 3.8) is 0 Å². The minimum Gasteiger partial charge on any atom is -0.192 e. The van der Waals surface area contributed by atoms with Crippen LogP contribution >= 0.6 is 0 Å². The van der Waals surface area contributed by atoms with Gasteiger partial charge in [0.05, 0.1) is 17.2 Å². The highest BCUT2D eigenvalue weighted by Gasteiger charge is 2.33. The third-order valence-corrected chi connectivity index (χ3v) is 9.89. The second kappa shape index (κ2) is 11.3. The largest absolute Gasteiger partial charge is 0.416 e. The molecule has 0 aromatic heterocycles. The van der Waals surface area contributed by atoms with Gasteiger partial charge in [0.15, 0.2) is 0 Å². The van der Waals surface area contributed by atoms with Gasteiger partial charge in [-0.15, -0.1) is 0 Å². The smallest absolute Gasteiger partial charge is 0.192 e. The lowest BCUT2D eigenvalue weighted by Crippen LogP contribution is -2.04. The molecule has 0 spiro atoms. The molecule has 0 heterocycles. The van der Waals surface area contributed by atoms with E-state index in [1.165, 1.54) is 0 Å². The fourth-order valence-electron chi connectivity index (χ4n) is 7.74. The first-order valence-corrected chi connectivity index (χ1v) is 16.4. The number of nitrogens with zero attached hydrogens (tertiary/aromatic N) is 1. The van der Waals surface area contributed by atoms with Crippen molar-refractivity contribution in [3.8, 4) is 72.8 Å². The summed E-state index contributed by atoms with van der Waals surface area (Å²) in [6.45, 7) is 0. The summed E-state index contributed by atoms with van der Waals surface area (Å²) in [5.74, 6) is 0. The lowest BCUT2D eigenvalue weighted by molar-refractivity contribution is -0.137. The van der Waals surface area contributed by atoms with Crippen LogP contribution in [0.4, 0.5) is 13.2 Å². The minimum atomic E-state index is -4.43. The van der Waals surface area contributed by atoms with Crippen molar-refractivity contribution in [2.45, 2.75) is 6.18 Å². The molecular weight excluding hydrogens is 624 g/mol. The standard InChI is InChI=1S/C46H26F3N/c47-46(48,49)33-21-19-30(20-22-33)35-24-26-39-43-38(25-23-34(42(35)43)29-17-15-28(27-50)16-18-29)44-40(31-9-3-1-4-10-31)36-13-7-8-14-37(36)41(45(39)44)32-11-5-2-6-12-32/h1-26H. The van der Waals surface area contributed by atoms with Gasteiger partial charge in [0, 0.05) is 0 Å². The van der Waals surface area contributed by atoms with E-state index in [9.17, 15) is 18.4 Å². The Morgan fingerprint density at radius 3 is 1.22 bits per heavy atom. The van der Waals surface area contributed by atoms with Crippen molar-refractivity contribution in [1.82, 2.24) is 0 Å². The van der Waals surface area contributed by atoms with Crippen LogP contribution in [-0.2, 0) is 6.18 Å². The van der Waals surface area contributed by atoms with Crippen molar-refractivity contribution < 1.29 is 13.2 Å². The molecule has 0 amide bonds. The average Bonchev–Trinajstić information content (AvgIpc) is 3.49. The summed E-state index contributed by atoms with van der Waals surface area (Å²) < 4.78 is 40.9. The molecule has 0 unspecified atom stereocenters. The molecule has 8 aromatic carbocycles. The summed E-state index contributed by atoms with van der Waals surface area (Å²) in [7, 11) is 0. The van der Waals surface area contributed by atoms with Crippen LogP contribution in [0.25, 0.3) is 88.3 Å². The van der Waals surface area contributed by atoms with Gasteiger partial charge in [-0.1, -0.05) is 133 Å². The minimum absolute atomic E-state index is 0.557. The first kappa shape index (κ1) is 29.7. The van der Waals surface area contributed by atoms with E-state index in [0.717, 1.165) is 94.9 Å². The zero-order chi connectivity index (χ0) is 34.0. The maximum absolute atomic E-state index is 13.6. The molecule has 236 valence electrons. The molecule has 4 heteroatoms. The molecule has 1 aliphatic carbocycles. The monoisotopic (exact) mass is 649 g/mol. The molecule has 1 aliphatic rings. The Balaban J connectivity index is 1.45. The van der Waals surface area contributed by atoms with Gasteiger partial charge in [-0.25, -0.2) is 0 Å². The quantitative estimate of drug-likeness (QED) is 0.186. The van der Waals surface area contributed by atoms with E-state index in [4.69, 9.17) is 0 Å². The molecule has 0 aliphatic heterocycles. The number of fused-ring (bicyclic) bond motifs is 4. The number of rotatable bonds is 4. The van der Waals surface area contributed by atoms with Gasteiger partial charge in [-0.2, -0.15) is 18.4 Å². The fraction of sp³-hybridized carbons (Fsp3) is 0.0217. The van der Waals surface area contributed by atoms with Crippen molar-refractivity contribution >= 4 is 21.5 Å². The van der Waals surface area contributed by atoms with E-state index in [2.05, 4.69) is 103 Å². The van der Waals surface area contributed by atoms with Crippen LogP contribution in [0.3, 0.4) is 0 Å². The second-order valence-electron chi connectivity index (χ2n) is 12.6. The molecule has 0 radical (unpaired) electrons. The lowest BCUT2D eigenvalue weighted by Gasteiger charge is -2.20. The van der Waals surface area contributed by atoms with Crippen LogP contribution in [0.15, 0.2) is 158 Å². The third kappa shape index (κ3) is 4.55. The summed E-state index contributed by atoms with van der Waals surface area (Å²) in [6.07, 6.45) is -4.43. The Morgan fingerprint density at radius 1 is 0.380 bits per heavy atom. The van der Waals surface area contributed by atoms with E-state index < -0.39 is 11.7 Å². The van der Waals surface area contributed by atoms with Crippen LogP contribution in [0.1, 0.15) is 11.1 Å². The van der Waals surface area contributed by atoms with E-state index in [-0.39, 0.29) is 0 Å². The number of nitriles is 1. The zero-order valence-corrected chi connectivity index (χ0v) is 26.6. The number of hydrogen-bond donors (Lipinski definition) is 0. The van der Waals surface area contributed by atoms with Gasteiger partial charge in [0.25, 0.3) is 0 Å². The molecule has 0 bridgehead atoms.